The lowest BCUT2D eigenvalue weighted by Crippen LogP contribution is -2.60. The summed E-state index contributed by atoms with van der Waals surface area (Å²) >= 11 is 0. The van der Waals surface area contributed by atoms with Crippen LogP contribution in [0.5, 0.6) is 0 Å². The number of nitrogens with two attached hydrogens (primary N) is 1. The standard InChI is InChI=1S/C42H72N6O8/c1-12-28(6)37(47(9)41(52)35(26(2)3)45-40(51)36(27(4)5)46(8)22-17-21-43)33(55-10)25-34(49)48-23-16-20-32(48)38(56-11)29(7)39(50)44-31(42(53)54)24-30-18-14-13-15-19-30/h13-15,18-19,26-29,31-33,35-38H,12,16-17,20-25,43H2,1-11H3,(H,44,50)(H,45,51)(H,53,54)/t28-,29+,31-,32-,33+,35-,36?,37?,38+/m0/s1. The number of likely N-dealkylation sites (tertiary alicyclic amines) is 1. The average molecular weight is 789 g/mol. The number of carbonyl (C=O) groups excluding carboxylic acids is 4. The molecule has 2 unspecified atom stereocenters. The molecule has 14 heteroatoms. The summed E-state index contributed by atoms with van der Waals surface area (Å²) < 4.78 is 11.9. The minimum absolute atomic E-state index is 0.000882. The van der Waals surface area contributed by atoms with Crippen molar-refractivity contribution in [2.75, 3.05) is 47.9 Å². The van der Waals surface area contributed by atoms with Crippen LogP contribution >= 0.6 is 0 Å². The van der Waals surface area contributed by atoms with Crippen LogP contribution in [0.3, 0.4) is 0 Å². The quantitative estimate of drug-likeness (QED) is 0.121. The molecule has 0 saturated carbocycles. The fourth-order valence-electron chi connectivity index (χ4n) is 8.12. The number of nitrogens with one attached hydrogen (secondary N) is 2. The number of hydrogen-bond acceptors (Lipinski definition) is 9. The van der Waals surface area contributed by atoms with E-state index < -0.39 is 60.2 Å². The van der Waals surface area contributed by atoms with Gasteiger partial charge in [-0.1, -0.05) is 85.2 Å². The molecule has 4 amide bonds. The van der Waals surface area contributed by atoms with Gasteiger partial charge in [0.2, 0.25) is 23.6 Å². The van der Waals surface area contributed by atoms with E-state index in [1.165, 1.54) is 14.2 Å². The molecule has 1 fully saturated rings. The maximum absolute atomic E-state index is 14.4. The van der Waals surface area contributed by atoms with E-state index in [1.54, 1.807) is 23.8 Å². The number of carbonyl (C=O) groups is 5. The van der Waals surface area contributed by atoms with Gasteiger partial charge in [-0.25, -0.2) is 4.79 Å². The number of aliphatic carboxylic acids is 1. The molecule has 0 spiro atoms. The van der Waals surface area contributed by atoms with Gasteiger partial charge in [0.05, 0.1) is 42.7 Å². The van der Waals surface area contributed by atoms with E-state index in [2.05, 4.69) is 10.6 Å². The van der Waals surface area contributed by atoms with Gasteiger partial charge in [-0.15, -0.1) is 0 Å². The number of nitrogens with zero attached hydrogens (tertiary/aromatic N) is 3. The second-order valence-electron chi connectivity index (χ2n) is 16.2. The molecule has 14 nitrogen and oxygen atoms in total. The minimum Gasteiger partial charge on any atom is -0.480 e. The third-order valence-electron chi connectivity index (χ3n) is 11.5. The summed E-state index contributed by atoms with van der Waals surface area (Å²) in [6, 6.07) is 5.80. The Morgan fingerprint density at radius 1 is 0.946 bits per heavy atom. The van der Waals surface area contributed by atoms with E-state index in [1.807, 2.05) is 83.8 Å². The summed E-state index contributed by atoms with van der Waals surface area (Å²) in [7, 11) is 6.65. The van der Waals surface area contributed by atoms with Gasteiger partial charge in [0.1, 0.15) is 12.1 Å². The van der Waals surface area contributed by atoms with E-state index in [0.717, 1.165) is 12.0 Å². The van der Waals surface area contributed by atoms with Gasteiger partial charge in [-0.2, -0.15) is 0 Å². The first-order valence-corrected chi connectivity index (χ1v) is 20.3. The molecule has 1 saturated heterocycles. The first-order valence-electron chi connectivity index (χ1n) is 20.3. The highest BCUT2D eigenvalue weighted by Crippen LogP contribution is 2.30. The summed E-state index contributed by atoms with van der Waals surface area (Å²) in [6.07, 6.45) is 1.51. The van der Waals surface area contributed by atoms with Crippen molar-refractivity contribution in [1.82, 2.24) is 25.3 Å². The third kappa shape index (κ3) is 13.2. The number of likely N-dealkylation sites (N-methyl/N-ethyl adjacent to an activating group) is 2. The highest BCUT2D eigenvalue weighted by Gasteiger charge is 2.43. The zero-order valence-corrected chi connectivity index (χ0v) is 35.8. The van der Waals surface area contributed by atoms with Gasteiger partial charge >= 0.3 is 5.97 Å². The molecule has 1 heterocycles. The van der Waals surface area contributed by atoms with Crippen molar-refractivity contribution >= 4 is 29.6 Å². The second kappa shape index (κ2) is 23.6. The highest BCUT2D eigenvalue weighted by molar-refractivity contribution is 5.90. The minimum atomic E-state index is -1.14. The molecule has 9 atom stereocenters. The fourth-order valence-corrected chi connectivity index (χ4v) is 8.12. The van der Waals surface area contributed by atoms with Crippen LogP contribution < -0.4 is 16.4 Å². The van der Waals surface area contributed by atoms with Gasteiger partial charge < -0.3 is 40.7 Å². The molecule has 318 valence electrons. The lowest BCUT2D eigenvalue weighted by atomic mass is 9.89. The third-order valence-corrected chi connectivity index (χ3v) is 11.5. The SMILES string of the molecule is CC[C@H](C)C([C@@H](CC(=O)N1CCC[C@H]1[C@H](OC)[C@@H](C)C(=O)N[C@@H](Cc1ccccc1)C(=O)O)OC)N(C)C(=O)[C@@H](NC(=O)C(C(C)C)N(C)CCCN)C(C)C. The Kier molecular flexibility index (Phi) is 20.5. The lowest BCUT2D eigenvalue weighted by Gasteiger charge is -2.41. The van der Waals surface area contributed by atoms with Gasteiger partial charge in [-0.05, 0) is 62.7 Å². The van der Waals surface area contributed by atoms with Crippen molar-refractivity contribution in [3.63, 3.8) is 0 Å². The Hall–Kier alpha value is -3.59. The molecule has 0 aromatic heterocycles. The van der Waals surface area contributed by atoms with Crippen LogP contribution in [0.4, 0.5) is 0 Å². The molecule has 0 bridgehead atoms. The van der Waals surface area contributed by atoms with Gasteiger partial charge in [0, 0.05) is 34.2 Å². The molecule has 1 aromatic carbocycles. The van der Waals surface area contributed by atoms with Crippen molar-refractivity contribution in [3.8, 4) is 0 Å². The van der Waals surface area contributed by atoms with Gasteiger partial charge in [-0.3, -0.25) is 24.1 Å². The first-order chi connectivity index (χ1) is 26.4. The number of carboxylic acids is 1. The summed E-state index contributed by atoms with van der Waals surface area (Å²) in [4.78, 5) is 73.3. The number of carboxylic acid groups (broad SMARTS) is 1. The molecule has 56 heavy (non-hydrogen) atoms. The van der Waals surface area contributed by atoms with E-state index >= 15 is 0 Å². The molecule has 0 aliphatic carbocycles. The fraction of sp³-hybridized carbons (Fsp3) is 0.738. The summed E-state index contributed by atoms with van der Waals surface area (Å²) in [5, 5.41) is 15.6. The van der Waals surface area contributed by atoms with E-state index in [9.17, 15) is 29.1 Å². The van der Waals surface area contributed by atoms with Crippen molar-refractivity contribution in [2.45, 2.75) is 129 Å². The molecule has 0 radical (unpaired) electrons. The van der Waals surface area contributed by atoms with E-state index in [4.69, 9.17) is 15.2 Å². The second-order valence-corrected chi connectivity index (χ2v) is 16.2. The molecule has 1 aromatic rings. The normalized spacial score (nSPS) is 18.8. The Bertz CT molecular complexity index is 1400. The van der Waals surface area contributed by atoms with E-state index in [-0.39, 0.29) is 48.3 Å². The maximum atomic E-state index is 14.4. The van der Waals surface area contributed by atoms with Crippen LogP contribution in [0.2, 0.25) is 0 Å². The predicted octanol–water partition coefficient (Wildman–Crippen LogP) is 3.16. The van der Waals surface area contributed by atoms with Crippen LogP contribution in [0.25, 0.3) is 0 Å². The molecule has 1 aliphatic heterocycles. The Labute approximate surface area is 335 Å². The molecular weight excluding hydrogens is 716 g/mol. The smallest absolute Gasteiger partial charge is 0.326 e. The lowest BCUT2D eigenvalue weighted by molar-refractivity contribution is -0.148. The van der Waals surface area contributed by atoms with Crippen LogP contribution in [0.1, 0.15) is 86.1 Å². The van der Waals surface area contributed by atoms with Gasteiger partial charge in [0.25, 0.3) is 0 Å². The maximum Gasteiger partial charge on any atom is 0.326 e. The van der Waals surface area contributed by atoms with Crippen molar-refractivity contribution < 1.29 is 38.6 Å². The highest BCUT2D eigenvalue weighted by atomic mass is 16.5. The van der Waals surface area contributed by atoms with Crippen LogP contribution in [0, 0.1) is 23.7 Å². The molecule has 2 rings (SSSR count). The van der Waals surface area contributed by atoms with E-state index in [0.29, 0.717) is 38.9 Å². The summed E-state index contributed by atoms with van der Waals surface area (Å²) in [6.45, 7) is 15.1. The Morgan fingerprint density at radius 2 is 1.59 bits per heavy atom. The number of ether oxygens (including phenoxy) is 2. The van der Waals surface area contributed by atoms with Crippen molar-refractivity contribution in [1.29, 1.82) is 0 Å². The zero-order chi connectivity index (χ0) is 42.3. The predicted molar refractivity (Wildman–Crippen MR) is 218 cm³/mol. The van der Waals surface area contributed by atoms with Crippen LogP contribution in [-0.2, 0) is 39.9 Å². The largest absolute Gasteiger partial charge is 0.480 e. The Balaban J connectivity index is 2.28. The van der Waals surface area contributed by atoms with Crippen LogP contribution in [0.15, 0.2) is 30.3 Å². The first kappa shape index (κ1) is 48.6. The number of amides is 4. The summed E-state index contributed by atoms with van der Waals surface area (Å²) in [5.41, 5.74) is 6.51. The molecule has 5 N–H and O–H groups in total. The number of rotatable bonds is 24. The monoisotopic (exact) mass is 789 g/mol. The van der Waals surface area contributed by atoms with Gasteiger partial charge in [0.15, 0.2) is 0 Å². The topological polar surface area (TPSA) is 184 Å². The molecular formula is C42H72N6O8. The average Bonchev–Trinajstić information content (AvgIpc) is 3.65. The number of hydrogen-bond donors (Lipinski definition) is 4. The van der Waals surface area contributed by atoms with Crippen LogP contribution in [-0.4, -0.2) is 140 Å². The number of benzene rings is 1. The van der Waals surface area contributed by atoms with Crippen molar-refractivity contribution in [2.24, 2.45) is 29.4 Å². The summed E-state index contributed by atoms with van der Waals surface area (Å²) in [5.74, 6) is -3.31. The van der Waals surface area contributed by atoms with Crippen molar-refractivity contribution in [3.05, 3.63) is 35.9 Å². The zero-order valence-electron chi connectivity index (χ0n) is 35.8. The Morgan fingerprint density at radius 3 is 2.11 bits per heavy atom. The molecule has 1 aliphatic rings. The number of methoxy groups -OCH3 is 2.